The van der Waals surface area contributed by atoms with Gasteiger partial charge >= 0.3 is 12.1 Å². The summed E-state index contributed by atoms with van der Waals surface area (Å²) < 4.78 is 41.7. The van der Waals surface area contributed by atoms with Gasteiger partial charge in [-0.25, -0.2) is 4.98 Å². The van der Waals surface area contributed by atoms with E-state index in [4.69, 9.17) is 10.9 Å². The number of aromatic nitrogens is 3. The van der Waals surface area contributed by atoms with E-state index in [1.807, 2.05) is 0 Å². The lowest BCUT2D eigenvalue weighted by atomic mass is 10.1. The fourth-order valence-electron chi connectivity index (χ4n) is 1.96. The van der Waals surface area contributed by atoms with Crippen LogP contribution in [0.4, 0.5) is 13.2 Å². The minimum absolute atomic E-state index is 0.0498. The molecule has 0 saturated heterocycles. The molecule has 3 aromatic rings. The van der Waals surface area contributed by atoms with E-state index >= 15 is 0 Å². The number of oxime groups is 1. The summed E-state index contributed by atoms with van der Waals surface area (Å²) in [6.45, 7) is 0. The summed E-state index contributed by atoms with van der Waals surface area (Å²) in [5, 5.41) is 17.2. The van der Waals surface area contributed by atoms with Crippen LogP contribution in [0.25, 0.3) is 22.6 Å². The van der Waals surface area contributed by atoms with Crippen molar-refractivity contribution >= 4 is 17.2 Å². The fourth-order valence-corrected chi connectivity index (χ4v) is 2.78. The third-order valence-electron chi connectivity index (χ3n) is 3.12. The van der Waals surface area contributed by atoms with E-state index in [1.54, 1.807) is 29.6 Å². The van der Waals surface area contributed by atoms with Gasteiger partial charge in [-0.1, -0.05) is 34.6 Å². The van der Waals surface area contributed by atoms with Crippen molar-refractivity contribution in [1.82, 2.24) is 15.1 Å². The Morgan fingerprint density at radius 2 is 1.88 bits per heavy atom. The normalized spacial score (nSPS) is 12.5. The minimum Gasteiger partial charge on any atom is -0.409 e. The smallest absolute Gasteiger partial charge is 0.409 e. The average Bonchev–Trinajstić information content (AvgIpc) is 3.24. The van der Waals surface area contributed by atoms with Crippen LogP contribution < -0.4 is 5.73 Å². The largest absolute Gasteiger partial charge is 0.471 e. The predicted octanol–water partition coefficient (Wildman–Crippen LogP) is 3.17. The second-order valence-corrected chi connectivity index (χ2v) is 5.84. The Balaban J connectivity index is 1.80. The van der Waals surface area contributed by atoms with E-state index in [0.29, 0.717) is 16.3 Å². The number of halogens is 3. The first-order valence-corrected chi connectivity index (χ1v) is 7.67. The van der Waals surface area contributed by atoms with Gasteiger partial charge in [-0.05, 0) is 0 Å². The SMILES string of the molecule is N/C(Cc1nc(-c2ccc(-c3noc(C(F)(F)F)n3)cc2)cs1)=N\O. The molecule has 0 aliphatic rings. The van der Waals surface area contributed by atoms with E-state index in [2.05, 4.69) is 24.8 Å². The number of alkyl halides is 3. The highest BCUT2D eigenvalue weighted by molar-refractivity contribution is 7.10. The Labute approximate surface area is 142 Å². The molecule has 0 unspecified atom stereocenters. The Morgan fingerprint density at radius 1 is 1.20 bits per heavy atom. The number of amidine groups is 1. The molecule has 0 atom stereocenters. The van der Waals surface area contributed by atoms with Crippen LogP contribution in [0.3, 0.4) is 0 Å². The highest BCUT2D eigenvalue weighted by Crippen LogP contribution is 2.30. The topological polar surface area (TPSA) is 110 Å². The average molecular weight is 369 g/mol. The molecule has 7 nitrogen and oxygen atoms in total. The number of hydrogen-bond acceptors (Lipinski definition) is 7. The Morgan fingerprint density at radius 3 is 2.48 bits per heavy atom. The summed E-state index contributed by atoms with van der Waals surface area (Å²) in [6, 6.07) is 6.51. The highest BCUT2D eigenvalue weighted by Gasteiger charge is 2.38. The Kier molecular flexibility index (Phi) is 4.40. The molecule has 3 N–H and O–H groups in total. The van der Waals surface area contributed by atoms with Crippen LogP contribution in [0.5, 0.6) is 0 Å². The minimum atomic E-state index is -4.68. The predicted molar refractivity (Wildman–Crippen MR) is 83.0 cm³/mol. The summed E-state index contributed by atoms with van der Waals surface area (Å²) in [6.07, 6.45) is -4.45. The summed E-state index contributed by atoms with van der Waals surface area (Å²) >= 11 is 1.35. The maximum Gasteiger partial charge on any atom is 0.471 e. The molecule has 1 aromatic carbocycles. The maximum absolute atomic E-state index is 12.5. The molecule has 2 aromatic heterocycles. The van der Waals surface area contributed by atoms with Gasteiger partial charge in [-0.3, -0.25) is 0 Å². The molecule has 0 aliphatic heterocycles. The van der Waals surface area contributed by atoms with Gasteiger partial charge in [0, 0.05) is 16.5 Å². The van der Waals surface area contributed by atoms with Gasteiger partial charge in [0.1, 0.15) is 10.8 Å². The van der Waals surface area contributed by atoms with Crippen molar-refractivity contribution < 1.29 is 22.9 Å². The van der Waals surface area contributed by atoms with Gasteiger partial charge in [0.15, 0.2) is 0 Å². The monoisotopic (exact) mass is 369 g/mol. The zero-order valence-corrected chi connectivity index (χ0v) is 13.2. The first kappa shape index (κ1) is 16.9. The lowest BCUT2D eigenvalue weighted by Gasteiger charge is -1.99. The number of rotatable bonds is 4. The van der Waals surface area contributed by atoms with Crippen molar-refractivity contribution in [3.05, 3.63) is 40.5 Å². The second kappa shape index (κ2) is 6.51. The van der Waals surface area contributed by atoms with Crippen molar-refractivity contribution in [2.24, 2.45) is 10.9 Å². The van der Waals surface area contributed by atoms with Gasteiger partial charge in [0.2, 0.25) is 5.82 Å². The zero-order chi connectivity index (χ0) is 18.0. The lowest BCUT2D eigenvalue weighted by Crippen LogP contribution is -2.14. The standard InChI is InChI=1S/C14H10F3N5O2S/c15-14(16,17)13-20-12(22-24-13)8-3-1-7(2-4-8)9-6-25-11(19-9)5-10(18)21-23/h1-4,6,23H,5H2,(H2,18,21). The van der Waals surface area contributed by atoms with Crippen LogP contribution >= 0.6 is 11.3 Å². The fraction of sp³-hybridized carbons (Fsp3) is 0.143. The van der Waals surface area contributed by atoms with Crippen LogP contribution in [0.15, 0.2) is 39.3 Å². The number of hydrogen-bond donors (Lipinski definition) is 2. The summed E-state index contributed by atoms with van der Waals surface area (Å²) in [4.78, 5) is 7.69. The van der Waals surface area contributed by atoms with Crippen LogP contribution in [0.1, 0.15) is 10.9 Å². The molecule has 11 heteroatoms. The first-order chi connectivity index (χ1) is 11.9. The van der Waals surface area contributed by atoms with Gasteiger partial charge in [-0.2, -0.15) is 18.2 Å². The third-order valence-corrected chi connectivity index (χ3v) is 3.97. The van der Waals surface area contributed by atoms with E-state index in [0.717, 1.165) is 5.56 Å². The summed E-state index contributed by atoms with van der Waals surface area (Å²) in [7, 11) is 0. The van der Waals surface area contributed by atoms with Crippen molar-refractivity contribution in [3.63, 3.8) is 0 Å². The molecular formula is C14H10F3N5O2S. The summed E-state index contributed by atoms with van der Waals surface area (Å²) in [5.41, 5.74) is 7.24. The molecule has 0 saturated carbocycles. The molecule has 0 fully saturated rings. The van der Waals surface area contributed by atoms with Gasteiger partial charge in [0.05, 0.1) is 12.1 Å². The molecule has 130 valence electrons. The van der Waals surface area contributed by atoms with Crippen LogP contribution in [-0.4, -0.2) is 26.2 Å². The Bertz CT molecular complexity index is 902. The molecule has 0 amide bonds. The van der Waals surface area contributed by atoms with Crippen LogP contribution in [-0.2, 0) is 12.6 Å². The van der Waals surface area contributed by atoms with E-state index < -0.39 is 12.1 Å². The molecule has 0 radical (unpaired) electrons. The molecule has 3 rings (SSSR count). The van der Waals surface area contributed by atoms with Crippen molar-refractivity contribution in [3.8, 4) is 22.6 Å². The molecule has 0 aliphatic carbocycles. The highest BCUT2D eigenvalue weighted by atomic mass is 32.1. The number of nitrogens with zero attached hydrogens (tertiary/aromatic N) is 4. The van der Waals surface area contributed by atoms with E-state index in [-0.39, 0.29) is 18.1 Å². The molecule has 25 heavy (non-hydrogen) atoms. The Hall–Kier alpha value is -2.95. The summed E-state index contributed by atoms with van der Waals surface area (Å²) in [5.74, 6) is -1.49. The number of nitrogens with two attached hydrogens (primary N) is 1. The molecule has 0 spiro atoms. The quantitative estimate of drug-likeness (QED) is 0.316. The first-order valence-electron chi connectivity index (χ1n) is 6.79. The van der Waals surface area contributed by atoms with E-state index in [1.165, 1.54) is 11.3 Å². The van der Waals surface area contributed by atoms with Crippen LogP contribution in [0.2, 0.25) is 0 Å². The maximum atomic E-state index is 12.5. The second-order valence-electron chi connectivity index (χ2n) is 4.89. The van der Waals surface area contributed by atoms with Gasteiger partial charge in [0.25, 0.3) is 0 Å². The van der Waals surface area contributed by atoms with E-state index in [9.17, 15) is 13.2 Å². The molecular weight excluding hydrogens is 359 g/mol. The van der Waals surface area contributed by atoms with Gasteiger partial charge < -0.3 is 15.5 Å². The molecule has 0 bridgehead atoms. The number of thiazole rings is 1. The third kappa shape index (κ3) is 3.76. The van der Waals surface area contributed by atoms with Crippen molar-refractivity contribution in [2.45, 2.75) is 12.6 Å². The number of benzene rings is 1. The van der Waals surface area contributed by atoms with Crippen molar-refractivity contribution in [1.29, 1.82) is 0 Å². The van der Waals surface area contributed by atoms with Gasteiger partial charge in [-0.15, -0.1) is 11.3 Å². The van der Waals surface area contributed by atoms with Crippen LogP contribution in [0, 0.1) is 0 Å². The lowest BCUT2D eigenvalue weighted by molar-refractivity contribution is -0.159. The van der Waals surface area contributed by atoms with Crippen molar-refractivity contribution in [2.75, 3.05) is 0 Å². The zero-order valence-electron chi connectivity index (χ0n) is 12.4. The molecule has 2 heterocycles.